The zero-order valence-electron chi connectivity index (χ0n) is 14.9. The Hall–Kier alpha value is -1.89. The second kappa shape index (κ2) is 9.16. The maximum absolute atomic E-state index is 12.9. The second-order valence-electron chi connectivity index (χ2n) is 5.89. The molecule has 5 nitrogen and oxygen atoms in total. The van der Waals surface area contributed by atoms with Crippen molar-refractivity contribution in [2.75, 3.05) is 18.4 Å². The van der Waals surface area contributed by atoms with Crippen LogP contribution in [-0.2, 0) is 10.0 Å². The minimum absolute atomic E-state index is 0.128. The Bertz CT molecular complexity index is 845. The van der Waals surface area contributed by atoms with E-state index in [1.807, 2.05) is 13.8 Å². The van der Waals surface area contributed by atoms with E-state index < -0.39 is 10.0 Å². The number of benzene rings is 2. The van der Waals surface area contributed by atoms with E-state index in [1.165, 1.54) is 16.4 Å². The molecule has 2 aromatic rings. The van der Waals surface area contributed by atoms with Gasteiger partial charge in [0.15, 0.2) is 0 Å². The first-order valence-corrected chi connectivity index (χ1v) is 10.4. The Morgan fingerprint density at radius 3 is 2.23 bits per heavy atom. The van der Waals surface area contributed by atoms with Gasteiger partial charge in [-0.05, 0) is 55.3 Å². The highest BCUT2D eigenvalue weighted by atomic mass is 35.5. The third-order valence-corrected chi connectivity index (χ3v) is 5.93. The van der Waals surface area contributed by atoms with Crippen molar-refractivity contribution in [3.8, 4) is 0 Å². The summed E-state index contributed by atoms with van der Waals surface area (Å²) in [5, 5.41) is 3.31. The lowest BCUT2D eigenvalue weighted by Gasteiger charge is -2.21. The Kier molecular flexibility index (Phi) is 7.20. The lowest BCUT2D eigenvalue weighted by Crippen LogP contribution is -2.32. The van der Waals surface area contributed by atoms with Gasteiger partial charge in [-0.2, -0.15) is 4.31 Å². The van der Waals surface area contributed by atoms with E-state index in [9.17, 15) is 13.2 Å². The molecule has 140 valence electrons. The van der Waals surface area contributed by atoms with Crippen LogP contribution in [0.5, 0.6) is 0 Å². The van der Waals surface area contributed by atoms with Gasteiger partial charge in [-0.3, -0.25) is 4.79 Å². The van der Waals surface area contributed by atoms with Crippen LogP contribution in [0.2, 0.25) is 5.02 Å². The number of carbonyl (C=O) groups is 1. The number of nitrogens with one attached hydrogen (secondary N) is 1. The summed E-state index contributed by atoms with van der Waals surface area (Å²) in [7, 11) is -3.62. The van der Waals surface area contributed by atoms with Crippen LogP contribution in [0.4, 0.5) is 5.69 Å². The fraction of sp³-hybridized carbons (Fsp3) is 0.316. The number of amides is 1. The highest BCUT2D eigenvalue weighted by molar-refractivity contribution is 7.89. The van der Waals surface area contributed by atoms with E-state index in [4.69, 9.17) is 11.6 Å². The van der Waals surface area contributed by atoms with Crippen LogP contribution in [0.25, 0.3) is 0 Å². The number of hydrogen-bond acceptors (Lipinski definition) is 3. The molecule has 0 spiro atoms. The number of rotatable bonds is 8. The average molecular weight is 395 g/mol. The Labute approximate surface area is 160 Å². The zero-order chi connectivity index (χ0) is 19.2. The molecule has 2 aromatic carbocycles. The van der Waals surface area contributed by atoms with Crippen molar-refractivity contribution in [1.29, 1.82) is 0 Å². The molecule has 0 heterocycles. The first-order chi connectivity index (χ1) is 12.4. The van der Waals surface area contributed by atoms with Crippen molar-refractivity contribution >= 4 is 33.2 Å². The minimum Gasteiger partial charge on any atom is -0.322 e. The van der Waals surface area contributed by atoms with Gasteiger partial charge in [-0.1, -0.05) is 31.5 Å². The van der Waals surface area contributed by atoms with Crippen LogP contribution in [0.3, 0.4) is 0 Å². The van der Waals surface area contributed by atoms with Gasteiger partial charge in [0.2, 0.25) is 10.0 Å². The molecule has 1 N–H and O–H groups in total. The van der Waals surface area contributed by atoms with Gasteiger partial charge in [-0.25, -0.2) is 8.42 Å². The van der Waals surface area contributed by atoms with Crippen LogP contribution in [0.15, 0.2) is 53.4 Å². The lowest BCUT2D eigenvalue weighted by atomic mass is 10.2. The molecule has 0 bridgehead atoms. The quantitative estimate of drug-likeness (QED) is 0.721. The maximum atomic E-state index is 12.9. The Balaban J connectivity index is 2.25. The molecule has 0 aliphatic rings. The molecule has 0 atom stereocenters. The van der Waals surface area contributed by atoms with E-state index in [0.717, 1.165) is 12.8 Å². The number of sulfonamides is 1. The largest absolute Gasteiger partial charge is 0.322 e. The molecule has 7 heteroatoms. The highest BCUT2D eigenvalue weighted by Crippen LogP contribution is 2.19. The van der Waals surface area contributed by atoms with Gasteiger partial charge < -0.3 is 5.32 Å². The van der Waals surface area contributed by atoms with Crippen LogP contribution >= 0.6 is 11.6 Å². The van der Waals surface area contributed by atoms with E-state index in [-0.39, 0.29) is 16.4 Å². The fourth-order valence-corrected chi connectivity index (χ4v) is 4.33. The highest BCUT2D eigenvalue weighted by Gasteiger charge is 2.23. The molecule has 0 radical (unpaired) electrons. The van der Waals surface area contributed by atoms with Crippen molar-refractivity contribution in [3.63, 3.8) is 0 Å². The van der Waals surface area contributed by atoms with E-state index in [1.54, 1.807) is 36.4 Å². The summed E-state index contributed by atoms with van der Waals surface area (Å²) in [6.07, 6.45) is 1.46. The van der Waals surface area contributed by atoms with Crippen molar-refractivity contribution in [3.05, 3.63) is 59.1 Å². The summed E-state index contributed by atoms with van der Waals surface area (Å²) in [6.45, 7) is 4.79. The van der Waals surface area contributed by atoms with Crippen LogP contribution in [0.1, 0.15) is 37.0 Å². The smallest absolute Gasteiger partial charge is 0.255 e. The molecular weight excluding hydrogens is 372 g/mol. The molecule has 0 aliphatic heterocycles. The zero-order valence-corrected chi connectivity index (χ0v) is 16.5. The molecular formula is C19H23ClN2O3S. The number of carbonyl (C=O) groups excluding carboxylic acids is 1. The molecule has 0 saturated heterocycles. The first kappa shape index (κ1) is 20.4. The Morgan fingerprint density at radius 2 is 1.65 bits per heavy atom. The molecule has 0 fully saturated rings. The predicted molar refractivity (Wildman–Crippen MR) is 105 cm³/mol. The molecule has 26 heavy (non-hydrogen) atoms. The molecule has 0 aromatic heterocycles. The van der Waals surface area contributed by atoms with Crippen LogP contribution in [-0.4, -0.2) is 31.7 Å². The summed E-state index contributed by atoms with van der Waals surface area (Å²) in [5.41, 5.74) is 0.875. The summed E-state index contributed by atoms with van der Waals surface area (Å²) in [5.74, 6) is -0.373. The minimum atomic E-state index is -3.62. The van der Waals surface area contributed by atoms with Gasteiger partial charge in [0, 0.05) is 29.4 Å². The fourth-order valence-electron chi connectivity index (χ4n) is 2.53. The normalized spacial score (nSPS) is 11.5. The molecule has 0 aliphatic carbocycles. The number of nitrogens with zero attached hydrogens (tertiary/aromatic N) is 1. The summed E-state index contributed by atoms with van der Waals surface area (Å²) in [6, 6.07) is 12.8. The lowest BCUT2D eigenvalue weighted by molar-refractivity contribution is 0.102. The topological polar surface area (TPSA) is 66.5 Å². The van der Waals surface area contributed by atoms with Gasteiger partial charge in [-0.15, -0.1) is 0 Å². The van der Waals surface area contributed by atoms with Crippen molar-refractivity contribution in [1.82, 2.24) is 4.31 Å². The van der Waals surface area contributed by atoms with Gasteiger partial charge in [0.05, 0.1) is 4.90 Å². The van der Waals surface area contributed by atoms with Gasteiger partial charge in [0.1, 0.15) is 0 Å². The molecule has 0 unspecified atom stereocenters. The van der Waals surface area contributed by atoms with E-state index in [2.05, 4.69) is 5.32 Å². The SMILES string of the molecule is CCCN(CCC)S(=O)(=O)c1cccc(C(=O)Nc2ccc(Cl)cc2)c1. The molecule has 1 amide bonds. The van der Waals surface area contributed by atoms with Crippen LogP contribution < -0.4 is 5.32 Å². The predicted octanol–water partition coefficient (Wildman–Crippen LogP) is 4.40. The number of anilines is 1. The first-order valence-electron chi connectivity index (χ1n) is 8.55. The third-order valence-electron chi connectivity index (χ3n) is 3.78. The monoisotopic (exact) mass is 394 g/mol. The summed E-state index contributed by atoms with van der Waals surface area (Å²) < 4.78 is 27.2. The van der Waals surface area contributed by atoms with Gasteiger partial charge >= 0.3 is 0 Å². The average Bonchev–Trinajstić information content (AvgIpc) is 2.63. The van der Waals surface area contributed by atoms with Gasteiger partial charge in [0.25, 0.3) is 5.91 Å². The number of hydrogen-bond donors (Lipinski definition) is 1. The number of halogens is 1. The van der Waals surface area contributed by atoms with E-state index >= 15 is 0 Å². The maximum Gasteiger partial charge on any atom is 0.255 e. The summed E-state index contributed by atoms with van der Waals surface area (Å²) >= 11 is 5.83. The molecule has 0 saturated carbocycles. The second-order valence-corrected chi connectivity index (χ2v) is 8.27. The summed E-state index contributed by atoms with van der Waals surface area (Å²) in [4.78, 5) is 12.6. The van der Waals surface area contributed by atoms with E-state index in [0.29, 0.717) is 23.8 Å². The van der Waals surface area contributed by atoms with Crippen molar-refractivity contribution < 1.29 is 13.2 Å². The van der Waals surface area contributed by atoms with Crippen molar-refractivity contribution in [2.24, 2.45) is 0 Å². The van der Waals surface area contributed by atoms with Crippen molar-refractivity contribution in [2.45, 2.75) is 31.6 Å². The standard InChI is InChI=1S/C19H23ClN2O3S/c1-3-12-22(13-4-2)26(24,25)18-7-5-6-15(14-18)19(23)21-17-10-8-16(20)9-11-17/h5-11,14H,3-4,12-13H2,1-2H3,(H,21,23). The van der Waals surface area contributed by atoms with Crippen LogP contribution in [0, 0.1) is 0 Å². The molecule has 2 rings (SSSR count). The third kappa shape index (κ3) is 5.06. The Morgan fingerprint density at radius 1 is 1.04 bits per heavy atom.